The standard InChI is InChI=1S/C20H21N3O5/c1-22-11-14(13-10-12(27-2)8-9-17(13)28-3)18(23(25)26)20(22)15-6-4-5-7-16(15)21-19(20)24/h4-10,14,18H,11H2,1-3H3,(H,21,24)/t14-,18+,20-/m0/s1. The van der Waals surface area contributed by atoms with Crippen molar-refractivity contribution in [3.05, 3.63) is 63.7 Å². The molecule has 1 fully saturated rings. The summed E-state index contributed by atoms with van der Waals surface area (Å²) < 4.78 is 10.8. The number of ether oxygens (including phenoxy) is 2. The van der Waals surface area contributed by atoms with Gasteiger partial charge < -0.3 is 14.8 Å². The number of likely N-dealkylation sites (tertiary alicyclic amines) is 1. The SMILES string of the molecule is COc1ccc(OC)c([C@@H]2CN(C)[C@]3(C(=O)Nc4ccccc43)[C@@H]2[N+](=O)[O-])c1. The molecule has 0 radical (unpaired) electrons. The van der Waals surface area contributed by atoms with Gasteiger partial charge in [0.15, 0.2) is 5.54 Å². The molecule has 0 aromatic heterocycles. The maximum Gasteiger partial charge on any atom is 0.256 e. The van der Waals surface area contributed by atoms with Crippen molar-refractivity contribution in [2.24, 2.45) is 0 Å². The highest BCUT2D eigenvalue weighted by atomic mass is 16.6. The molecule has 3 atom stereocenters. The summed E-state index contributed by atoms with van der Waals surface area (Å²) in [7, 11) is 4.82. The lowest BCUT2D eigenvalue weighted by Crippen LogP contribution is -2.54. The van der Waals surface area contributed by atoms with Gasteiger partial charge in [0, 0.05) is 28.3 Å². The Labute approximate surface area is 162 Å². The molecule has 1 N–H and O–H groups in total. The Kier molecular flexibility index (Phi) is 4.23. The molecule has 146 valence electrons. The maximum absolute atomic E-state index is 13.1. The van der Waals surface area contributed by atoms with Crippen LogP contribution in [0.1, 0.15) is 17.0 Å². The molecule has 8 nitrogen and oxygen atoms in total. The van der Waals surface area contributed by atoms with Crippen LogP contribution in [0.15, 0.2) is 42.5 Å². The van der Waals surface area contributed by atoms with Crippen LogP contribution in [0.4, 0.5) is 5.69 Å². The predicted molar refractivity (Wildman–Crippen MR) is 102 cm³/mol. The fourth-order valence-corrected chi connectivity index (χ4v) is 4.69. The summed E-state index contributed by atoms with van der Waals surface area (Å²) in [6, 6.07) is 11.2. The number of likely N-dealkylation sites (N-methyl/N-ethyl adjacent to an activating group) is 1. The van der Waals surface area contributed by atoms with E-state index in [1.807, 2.05) is 0 Å². The second kappa shape index (κ2) is 6.49. The van der Waals surface area contributed by atoms with Crippen LogP contribution >= 0.6 is 0 Å². The molecule has 0 saturated carbocycles. The topological polar surface area (TPSA) is 93.9 Å². The van der Waals surface area contributed by atoms with Crippen LogP contribution in [0, 0.1) is 10.1 Å². The number of benzene rings is 2. The summed E-state index contributed by atoms with van der Waals surface area (Å²) in [5, 5.41) is 15.2. The zero-order valence-corrected chi connectivity index (χ0v) is 15.8. The second-order valence-electron chi connectivity index (χ2n) is 7.09. The molecule has 1 saturated heterocycles. The van der Waals surface area contributed by atoms with E-state index in [2.05, 4.69) is 5.32 Å². The fourth-order valence-electron chi connectivity index (χ4n) is 4.69. The third-order valence-electron chi connectivity index (χ3n) is 5.88. The van der Waals surface area contributed by atoms with Crippen molar-refractivity contribution in [1.29, 1.82) is 0 Å². The smallest absolute Gasteiger partial charge is 0.256 e. The van der Waals surface area contributed by atoms with Crippen LogP contribution < -0.4 is 14.8 Å². The van der Waals surface area contributed by atoms with Gasteiger partial charge in [0.05, 0.1) is 20.1 Å². The normalized spacial score (nSPS) is 26.2. The van der Waals surface area contributed by atoms with Crippen LogP contribution in [0.3, 0.4) is 0 Å². The largest absolute Gasteiger partial charge is 0.497 e. The minimum absolute atomic E-state index is 0.330. The van der Waals surface area contributed by atoms with E-state index in [1.165, 1.54) is 7.11 Å². The van der Waals surface area contributed by atoms with Crippen LogP contribution in [-0.2, 0) is 10.3 Å². The van der Waals surface area contributed by atoms with Gasteiger partial charge in [0.25, 0.3) is 11.9 Å². The van der Waals surface area contributed by atoms with Crippen molar-refractivity contribution < 1.29 is 19.2 Å². The van der Waals surface area contributed by atoms with Gasteiger partial charge >= 0.3 is 0 Å². The average Bonchev–Trinajstić information content (AvgIpc) is 3.17. The zero-order chi connectivity index (χ0) is 20.1. The van der Waals surface area contributed by atoms with Crippen LogP contribution in [0.25, 0.3) is 0 Å². The Morgan fingerprint density at radius 3 is 2.64 bits per heavy atom. The molecule has 1 spiro atoms. The van der Waals surface area contributed by atoms with E-state index in [0.717, 1.165) is 0 Å². The number of methoxy groups -OCH3 is 2. The van der Waals surface area contributed by atoms with Gasteiger partial charge in [-0.15, -0.1) is 0 Å². The highest BCUT2D eigenvalue weighted by Crippen LogP contribution is 2.53. The van der Waals surface area contributed by atoms with Crippen molar-refractivity contribution in [2.45, 2.75) is 17.5 Å². The number of nitro groups is 1. The molecule has 28 heavy (non-hydrogen) atoms. The summed E-state index contributed by atoms with van der Waals surface area (Å²) in [6.07, 6.45) is 0. The Morgan fingerprint density at radius 2 is 1.96 bits per heavy atom. The van der Waals surface area contributed by atoms with Crippen LogP contribution in [-0.4, -0.2) is 49.6 Å². The Balaban J connectivity index is 1.92. The highest BCUT2D eigenvalue weighted by molar-refractivity contribution is 6.06. The molecule has 0 unspecified atom stereocenters. The number of amides is 1. The van der Waals surface area contributed by atoms with Crippen molar-refractivity contribution in [3.8, 4) is 11.5 Å². The molecule has 2 aliphatic rings. The molecule has 0 bridgehead atoms. The molecule has 8 heteroatoms. The van der Waals surface area contributed by atoms with Crippen molar-refractivity contribution >= 4 is 11.6 Å². The van der Waals surface area contributed by atoms with Gasteiger partial charge in [-0.3, -0.25) is 19.8 Å². The van der Waals surface area contributed by atoms with E-state index in [0.29, 0.717) is 34.9 Å². The number of hydrogen-bond donors (Lipinski definition) is 1. The van der Waals surface area contributed by atoms with Crippen molar-refractivity contribution in [2.75, 3.05) is 33.1 Å². The molecule has 4 rings (SSSR count). The lowest BCUT2D eigenvalue weighted by molar-refractivity contribution is -0.534. The molecule has 2 heterocycles. The molecular weight excluding hydrogens is 362 g/mol. The summed E-state index contributed by atoms with van der Waals surface area (Å²) >= 11 is 0. The quantitative estimate of drug-likeness (QED) is 0.643. The van der Waals surface area contributed by atoms with Gasteiger partial charge in [-0.2, -0.15) is 0 Å². The summed E-state index contributed by atoms with van der Waals surface area (Å²) in [5.74, 6) is 0.191. The van der Waals surface area contributed by atoms with Gasteiger partial charge in [-0.1, -0.05) is 18.2 Å². The molecule has 1 amide bonds. The van der Waals surface area contributed by atoms with E-state index in [1.54, 1.807) is 61.5 Å². The summed E-state index contributed by atoms with van der Waals surface area (Å²) in [5.41, 5.74) is 0.529. The zero-order valence-electron chi connectivity index (χ0n) is 15.8. The van der Waals surface area contributed by atoms with Crippen LogP contribution in [0.5, 0.6) is 11.5 Å². The number of nitrogens with zero attached hydrogens (tertiary/aromatic N) is 2. The number of para-hydroxylation sites is 1. The summed E-state index contributed by atoms with van der Waals surface area (Å²) in [4.78, 5) is 26.9. The van der Waals surface area contributed by atoms with E-state index in [4.69, 9.17) is 9.47 Å². The number of rotatable bonds is 4. The summed E-state index contributed by atoms with van der Waals surface area (Å²) in [6.45, 7) is 0.330. The monoisotopic (exact) mass is 383 g/mol. The highest BCUT2D eigenvalue weighted by Gasteiger charge is 2.68. The number of hydrogen-bond acceptors (Lipinski definition) is 6. The number of carbonyl (C=O) groups is 1. The third kappa shape index (κ3) is 2.31. The molecule has 2 aromatic carbocycles. The molecule has 0 aliphatic carbocycles. The number of carbonyl (C=O) groups excluding carboxylic acids is 1. The number of fused-ring (bicyclic) bond motifs is 2. The van der Waals surface area contributed by atoms with E-state index >= 15 is 0 Å². The van der Waals surface area contributed by atoms with Gasteiger partial charge in [-0.05, 0) is 31.3 Å². The first-order valence-electron chi connectivity index (χ1n) is 8.92. The lowest BCUT2D eigenvalue weighted by atomic mass is 9.79. The molecule has 2 aliphatic heterocycles. The minimum Gasteiger partial charge on any atom is -0.497 e. The van der Waals surface area contributed by atoms with Crippen molar-refractivity contribution in [3.63, 3.8) is 0 Å². The molecular formula is C20H21N3O5. The van der Waals surface area contributed by atoms with Gasteiger partial charge in [-0.25, -0.2) is 0 Å². The Morgan fingerprint density at radius 1 is 1.21 bits per heavy atom. The number of anilines is 1. The predicted octanol–water partition coefficient (Wildman–Crippen LogP) is 2.23. The van der Waals surface area contributed by atoms with E-state index in [9.17, 15) is 14.9 Å². The minimum atomic E-state index is -1.38. The van der Waals surface area contributed by atoms with Gasteiger partial charge in [0.2, 0.25) is 0 Å². The van der Waals surface area contributed by atoms with Gasteiger partial charge in [0.1, 0.15) is 11.5 Å². The van der Waals surface area contributed by atoms with Crippen molar-refractivity contribution in [1.82, 2.24) is 4.90 Å². The Hall–Kier alpha value is -3.13. The maximum atomic E-state index is 13.1. The molecule has 2 aromatic rings. The van der Waals surface area contributed by atoms with Crippen LogP contribution in [0.2, 0.25) is 0 Å². The Bertz CT molecular complexity index is 963. The first-order chi connectivity index (χ1) is 13.4. The second-order valence-corrected chi connectivity index (χ2v) is 7.09. The first-order valence-corrected chi connectivity index (χ1v) is 8.92. The first kappa shape index (κ1) is 18.2. The lowest BCUT2D eigenvalue weighted by Gasteiger charge is -2.30. The van der Waals surface area contributed by atoms with E-state index < -0.39 is 17.5 Å². The third-order valence-corrected chi connectivity index (χ3v) is 5.88. The average molecular weight is 383 g/mol. The number of nitrogens with one attached hydrogen (secondary N) is 1. The van der Waals surface area contributed by atoms with E-state index in [-0.39, 0.29) is 10.8 Å². The fraction of sp³-hybridized carbons (Fsp3) is 0.350.